The van der Waals surface area contributed by atoms with E-state index in [0.717, 1.165) is 7.11 Å². The third-order valence-electron chi connectivity index (χ3n) is 2.14. The molecule has 0 spiro atoms. The van der Waals surface area contributed by atoms with Crippen molar-refractivity contribution in [3.8, 4) is 11.5 Å². The number of ether oxygens (including phenoxy) is 3. The smallest absolute Gasteiger partial charge is 0.494 e. The van der Waals surface area contributed by atoms with Crippen molar-refractivity contribution in [1.29, 1.82) is 0 Å². The number of pyridine rings is 1. The number of alkyl halides is 6. The Hall–Kier alpha value is -2.20. The van der Waals surface area contributed by atoms with Crippen molar-refractivity contribution in [2.45, 2.75) is 19.5 Å². The highest BCUT2D eigenvalue weighted by Gasteiger charge is 2.40. The molecule has 0 N–H and O–H groups in total. The fourth-order valence-corrected chi connectivity index (χ4v) is 1.38. The molecule has 0 saturated heterocycles. The molecule has 5 nitrogen and oxygen atoms in total. The van der Waals surface area contributed by atoms with Crippen LogP contribution in [0.25, 0.3) is 0 Å². The molecule has 0 bridgehead atoms. The molecule has 1 aromatic rings. The Morgan fingerprint density at radius 3 is 2.18 bits per heavy atom. The molecule has 0 aliphatic heterocycles. The van der Waals surface area contributed by atoms with Crippen molar-refractivity contribution >= 4 is 5.97 Å². The predicted octanol–water partition coefficient (Wildman–Crippen LogP) is 3.18. The lowest BCUT2D eigenvalue weighted by Gasteiger charge is -2.16. The average Bonchev–Trinajstić information content (AvgIpc) is 2.35. The van der Waals surface area contributed by atoms with Gasteiger partial charge in [0.15, 0.2) is 22.9 Å². The van der Waals surface area contributed by atoms with E-state index >= 15 is 0 Å². The lowest BCUT2D eigenvalue weighted by molar-refractivity contribution is -0.274. The van der Waals surface area contributed by atoms with E-state index < -0.39 is 41.4 Å². The standard InChI is InChI=1S/C11H9F6NO4/c1-3-21-9(19)7-5(22-11(15,16)17)4-6(20-2)8(18-7)10(12,13)14/h4H,3H2,1-2H3. The molecule has 1 heterocycles. The van der Waals surface area contributed by atoms with Crippen LogP contribution in [0.1, 0.15) is 23.1 Å². The van der Waals surface area contributed by atoms with E-state index in [1.165, 1.54) is 6.92 Å². The Balaban J connectivity index is 3.50. The Morgan fingerprint density at radius 2 is 1.77 bits per heavy atom. The van der Waals surface area contributed by atoms with Gasteiger partial charge >= 0.3 is 18.5 Å². The highest BCUT2D eigenvalue weighted by Crippen LogP contribution is 2.39. The van der Waals surface area contributed by atoms with Gasteiger partial charge in [-0.2, -0.15) is 13.2 Å². The Labute approximate surface area is 119 Å². The van der Waals surface area contributed by atoms with Gasteiger partial charge in [0.25, 0.3) is 0 Å². The fourth-order valence-electron chi connectivity index (χ4n) is 1.38. The lowest BCUT2D eigenvalue weighted by Crippen LogP contribution is -2.22. The van der Waals surface area contributed by atoms with Crippen molar-refractivity contribution < 1.29 is 45.3 Å². The van der Waals surface area contributed by atoms with Crippen LogP contribution in [-0.4, -0.2) is 31.0 Å². The second-order valence-corrected chi connectivity index (χ2v) is 3.65. The van der Waals surface area contributed by atoms with Crippen molar-refractivity contribution in [3.05, 3.63) is 17.5 Å². The third kappa shape index (κ3) is 4.40. The number of aromatic nitrogens is 1. The summed E-state index contributed by atoms with van der Waals surface area (Å²) >= 11 is 0. The predicted molar refractivity (Wildman–Crippen MR) is 58.4 cm³/mol. The lowest BCUT2D eigenvalue weighted by atomic mass is 10.2. The average molecular weight is 333 g/mol. The van der Waals surface area contributed by atoms with Crippen molar-refractivity contribution in [1.82, 2.24) is 4.98 Å². The van der Waals surface area contributed by atoms with E-state index in [0.29, 0.717) is 0 Å². The van der Waals surface area contributed by atoms with E-state index in [-0.39, 0.29) is 12.7 Å². The molecule has 1 aromatic heterocycles. The van der Waals surface area contributed by atoms with Gasteiger partial charge in [0, 0.05) is 6.07 Å². The van der Waals surface area contributed by atoms with Gasteiger partial charge in [0.2, 0.25) is 0 Å². The second-order valence-electron chi connectivity index (χ2n) is 3.65. The molecular weight excluding hydrogens is 324 g/mol. The summed E-state index contributed by atoms with van der Waals surface area (Å²) in [6.45, 7) is 1.04. The molecule has 11 heteroatoms. The zero-order valence-corrected chi connectivity index (χ0v) is 11.1. The van der Waals surface area contributed by atoms with E-state index in [2.05, 4.69) is 19.2 Å². The number of carbonyl (C=O) groups excluding carboxylic acids is 1. The second kappa shape index (κ2) is 6.28. The maximum Gasteiger partial charge on any atom is 0.573 e. The van der Waals surface area contributed by atoms with Gasteiger partial charge in [-0.15, -0.1) is 13.2 Å². The van der Waals surface area contributed by atoms with Gasteiger partial charge in [-0.3, -0.25) is 0 Å². The van der Waals surface area contributed by atoms with Crippen LogP contribution in [0, 0.1) is 0 Å². The number of halogens is 6. The normalized spacial score (nSPS) is 12.0. The highest BCUT2D eigenvalue weighted by molar-refractivity contribution is 5.90. The number of hydrogen-bond donors (Lipinski definition) is 0. The summed E-state index contributed by atoms with van der Waals surface area (Å²) in [5.41, 5.74) is -2.93. The monoisotopic (exact) mass is 333 g/mol. The largest absolute Gasteiger partial charge is 0.573 e. The first-order valence-electron chi connectivity index (χ1n) is 5.58. The number of nitrogens with zero attached hydrogens (tertiary/aromatic N) is 1. The zero-order valence-electron chi connectivity index (χ0n) is 11.1. The molecule has 0 aliphatic carbocycles. The zero-order chi connectivity index (χ0) is 17.1. The molecule has 0 radical (unpaired) electrons. The van der Waals surface area contributed by atoms with Crippen LogP contribution in [0.15, 0.2) is 6.07 Å². The highest BCUT2D eigenvalue weighted by atomic mass is 19.4. The van der Waals surface area contributed by atoms with Gasteiger partial charge in [0.05, 0.1) is 13.7 Å². The van der Waals surface area contributed by atoms with Gasteiger partial charge in [-0.25, -0.2) is 9.78 Å². The van der Waals surface area contributed by atoms with Gasteiger partial charge in [-0.1, -0.05) is 0 Å². The third-order valence-corrected chi connectivity index (χ3v) is 2.14. The first-order valence-corrected chi connectivity index (χ1v) is 5.58. The Morgan fingerprint density at radius 1 is 1.18 bits per heavy atom. The number of methoxy groups -OCH3 is 1. The summed E-state index contributed by atoms with van der Waals surface area (Å²) in [4.78, 5) is 14.4. The first kappa shape index (κ1) is 17.9. The molecule has 0 atom stereocenters. The van der Waals surface area contributed by atoms with Crippen LogP contribution in [0.2, 0.25) is 0 Å². The molecule has 0 amide bonds. The quantitative estimate of drug-likeness (QED) is 0.626. The van der Waals surface area contributed by atoms with Crippen LogP contribution in [-0.2, 0) is 10.9 Å². The van der Waals surface area contributed by atoms with E-state index in [1.54, 1.807) is 0 Å². The molecule has 22 heavy (non-hydrogen) atoms. The number of hydrogen-bond acceptors (Lipinski definition) is 5. The molecule has 0 unspecified atom stereocenters. The number of rotatable bonds is 4. The number of carbonyl (C=O) groups is 1. The minimum absolute atomic E-state index is 0.273. The summed E-state index contributed by atoms with van der Waals surface area (Å²) in [7, 11) is 0.799. The van der Waals surface area contributed by atoms with E-state index in [4.69, 9.17) is 0 Å². The Bertz CT molecular complexity index is 555. The number of esters is 1. The molecular formula is C11H9F6NO4. The fraction of sp³-hybridized carbons (Fsp3) is 0.455. The summed E-state index contributed by atoms with van der Waals surface area (Å²) in [5, 5.41) is 0. The molecule has 1 rings (SSSR count). The van der Waals surface area contributed by atoms with Crippen molar-refractivity contribution in [2.75, 3.05) is 13.7 Å². The molecule has 0 aliphatic rings. The minimum atomic E-state index is -5.24. The van der Waals surface area contributed by atoms with E-state index in [1.807, 2.05) is 0 Å². The molecule has 124 valence electrons. The summed E-state index contributed by atoms with van der Waals surface area (Å²) < 4.78 is 87.4. The summed E-state index contributed by atoms with van der Waals surface area (Å²) in [6.07, 6.45) is -10.3. The van der Waals surface area contributed by atoms with Crippen LogP contribution in [0.4, 0.5) is 26.3 Å². The minimum Gasteiger partial charge on any atom is -0.494 e. The van der Waals surface area contributed by atoms with Crippen LogP contribution >= 0.6 is 0 Å². The molecule has 0 fully saturated rings. The molecule has 0 saturated carbocycles. The van der Waals surface area contributed by atoms with Crippen molar-refractivity contribution in [2.24, 2.45) is 0 Å². The summed E-state index contributed by atoms with van der Waals surface area (Å²) in [6, 6.07) is 0.273. The van der Waals surface area contributed by atoms with Crippen LogP contribution < -0.4 is 9.47 Å². The SMILES string of the molecule is CCOC(=O)c1nc(C(F)(F)F)c(OC)cc1OC(F)(F)F. The van der Waals surface area contributed by atoms with Crippen LogP contribution in [0.5, 0.6) is 11.5 Å². The maximum absolute atomic E-state index is 12.8. The summed E-state index contributed by atoms with van der Waals surface area (Å²) in [5.74, 6) is -3.77. The van der Waals surface area contributed by atoms with E-state index in [9.17, 15) is 31.1 Å². The van der Waals surface area contributed by atoms with Crippen molar-refractivity contribution in [3.63, 3.8) is 0 Å². The van der Waals surface area contributed by atoms with Gasteiger partial charge in [-0.05, 0) is 6.92 Å². The van der Waals surface area contributed by atoms with Crippen LogP contribution in [0.3, 0.4) is 0 Å². The topological polar surface area (TPSA) is 57.7 Å². The molecule has 0 aromatic carbocycles. The van der Waals surface area contributed by atoms with Gasteiger partial charge in [0.1, 0.15) is 0 Å². The first-order chi connectivity index (χ1) is 9.99. The van der Waals surface area contributed by atoms with Gasteiger partial charge < -0.3 is 14.2 Å². The maximum atomic E-state index is 12.8. The Kier molecular flexibility index (Phi) is 5.09.